The minimum absolute atomic E-state index is 0. The minimum atomic E-state index is -0.0664. The number of rotatable bonds is 7. The number of nitrogens with zero attached hydrogens (tertiary/aromatic N) is 3. The molecule has 2 aliphatic rings. The van der Waals surface area contributed by atoms with Gasteiger partial charge in [-0.2, -0.15) is 0 Å². The molecule has 2 saturated heterocycles. The molecule has 7 heteroatoms. The van der Waals surface area contributed by atoms with Crippen LogP contribution in [-0.2, 0) is 9.53 Å². The van der Waals surface area contributed by atoms with Gasteiger partial charge in [-0.15, -0.1) is 24.0 Å². The molecule has 27 heavy (non-hydrogen) atoms. The average Bonchev–Trinajstić information content (AvgIpc) is 2.66. The molecule has 2 aliphatic heterocycles. The number of carbonyl (C=O) groups is 1. The quantitative estimate of drug-likeness (QED) is 0.194. The van der Waals surface area contributed by atoms with Crippen molar-refractivity contribution in [2.75, 3.05) is 46.4 Å². The van der Waals surface area contributed by atoms with Gasteiger partial charge in [0, 0.05) is 32.7 Å². The molecule has 0 aromatic heterocycles. The van der Waals surface area contributed by atoms with Gasteiger partial charge in [-0.3, -0.25) is 9.79 Å². The molecule has 2 atom stereocenters. The monoisotopic (exact) mass is 494 g/mol. The lowest BCUT2D eigenvalue weighted by Crippen LogP contribution is -2.48. The molecule has 0 saturated carbocycles. The topological polar surface area (TPSA) is 57.2 Å². The average molecular weight is 494 g/mol. The molecule has 2 fully saturated rings. The number of ether oxygens (including phenoxy) is 1. The summed E-state index contributed by atoms with van der Waals surface area (Å²) in [5.41, 5.74) is 0. The van der Waals surface area contributed by atoms with Crippen LogP contribution >= 0.6 is 24.0 Å². The van der Waals surface area contributed by atoms with Crippen LogP contribution in [0.4, 0.5) is 0 Å². The summed E-state index contributed by atoms with van der Waals surface area (Å²) in [5.74, 6) is 0.830. The number of piperidine rings is 2. The molecular weight excluding hydrogens is 455 g/mol. The second-order valence-electron chi connectivity index (χ2n) is 7.60. The summed E-state index contributed by atoms with van der Waals surface area (Å²) in [6, 6.07) is 0.748. The summed E-state index contributed by atoms with van der Waals surface area (Å²) in [5, 5.41) is 3.48. The number of hydrogen-bond acceptors (Lipinski definition) is 4. The van der Waals surface area contributed by atoms with Crippen LogP contribution in [-0.4, -0.2) is 74.1 Å². The standard InChI is InChI=1S/C20H38N4O2.HI/c1-4-26-19(25)18-11-9-15-24(16-18)20(21-3)22-12-6-8-14-23-13-7-5-10-17(23)2;/h17-18H,4-16H2,1-3H3,(H,21,22);1H. The predicted octanol–water partition coefficient (Wildman–Crippen LogP) is 3.11. The second kappa shape index (κ2) is 13.6. The zero-order valence-electron chi connectivity index (χ0n) is 17.4. The summed E-state index contributed by atoms with van der Waals surface area (Å²) >= 11 is 0. The van der Waals surface area contributed by atoms with Crippen LogP contribution in [0.2, 0.25) is 0 Å². The van der Waals surface area contributed by atoms with Gasteiger partial charge < -0.3 is 19.9 Å². The lowest BCUT2D eigenvalue weighted by atomic mass is 9.98. The summed E-state index contributed by atoms with van der Waals surface area (Å²) in [7, 11) is 1.83. The summed E-state index contributed by atoms with van der Waals surface area (Å²) in [4.78, 5) is 21.3. The van der Waals surface area contributed by atoms with Crippen LogP contribution in [0.15, 0.2) is 4.99 Å². The van der Waals surface area contributed by atoms with Crippen LogP contribution in [0, 0.1) is 5.92 Å². The first-order chi connectivity index (χ1) is 12.7. The van der Waals surface area contributed by atoms with Gasteiger partial charge in [0.15, 0.2) is 5.96 Å². The van der Waals surface area contributed by atoms with Crippen LogP contribution in [0.3, 0.4) is 0 Å². The van der Waals surface area contributed by atoms with Crippen LogP contribution in [0.25, 0.3) is 0 Å². The Morgan fingerprint density at radius 2 is 2.00 bits per heavy atom. The van der Waals surface area contributed by atoms with Crippen molar-refractivity contribution in [1.82, 2.24) is 15.1 Å². The summed E-state index contributed by atoms with van der Waals surface area (Å²) in [6.45, 7) is 9.76. The van der Waals surface area contributed by atoms with Gasteiger partial charge in [-0.05, 0) is 65.5 Å². The number of likely N-dealkylation sites (tertiary alicyclic amines) is 2. The van der Waals surface area contributed by atoms with Crippen molar-refractivity contribution in [3.63, 3.8) is 0 Å². The Morgan fingerprint density at radius 1 is 1.19 bits per heavy atom. The van der Waals surface area contributed by atoms with E-state index in [1.54, 1.807) is 0 Å². The van der Waals surface area contributed by atoms with Crippen LogP contribution < -0.4 is 5.32 Å². The number of aliphatic imine (C=N–C) groups is 1. The molecule has 6 nitrogen and oxygen atoms in total. The molecule has 0 radical (unpaired) electrons. The highest BCUT2D eigenvalue weighted by molar-refractivity contribution is 14.0. The molecule has 0 spiro atoms. The van der Waals surface area contributed by atoms with Gasteiger partial charge in [0.25, 0.3) is 0 Å². The number of halogens is 1. The van der Waals surface area contributed by atoms with Crippen molar-refractivity contribution in [2.45, 2.75) is 64.8 Å². The van der Waals surface area contributed by atoms with Gasteiger partial charge in [-0.25, -0.2) is 0 Å². The minimum Gasteiger partial charge on any atom is -0.466 e. The van der Waals surface area contributed by atoms with Crippen LogP contribution in [0.1, 0.15) is 58.8 Å². The molecule has 2 rings (SSSR count). The Balaban J connectivity index is 0.00000364. The van der Waals surface area contributed by atoms with E-state index in [9.17, 15) is 4.79 Å². The molecule has 2 unspecified atom stereocenters. The van der Waals surface area contributed by atoms with E-state index in [1.807, 2.05) is 14.0 Å². The van der Waals surface area contributed by atoms with E-state index in [0.717, 1.165) is 44.4 Å². The van der Waals surface area contributed by atoms with Crippen molar-refractivity contribution in [2.24, 2.45) is 10.9 Å². The fourth-order valence-corrected chi connectivity index (χ4v) is 4.08. The van der Waals surface area contributed by atoms with Gasteiger partial charge in [-0.1, -0.05) is 6.42 Å². The number of unbranched alkanes of at least 4 members (excludes halogenated alkanes) is 1. The van der Waals surface area contributed by atoms with Crippen LogP contribution in [0.5, 0.6) is 0 Å². The fraction of sp³-hybridized carbons (Fsp3) is 0.900. The first kappa shape index (κ1) is 24.5. The van der Waals surface area contributed by atoms with E-state index in [1.165, 1.54) is 38.8 Å². The molecule has 0 aromatic carbocycles. The molecule has 0 aliphatic carbocycles. The number of carbonyl (C=O) groups excluding carboxylic acids is 1. The Hall–Kier alpha value is -0.570. The molecule has 2 heterocycles. The largest absolute Gasteiger partial charge is 0.466 e. The Labute approximate surface area is 182 Å². The Bertz CT molecular complexity index is 461. The van der Waals surface area contributed by atoms with Gasteiger partial charge >= 0.3 is 5.97 Å². The van der Waals surface area contributed by atoms with Crippen molar-refractivity contribution in [3.05, 3.63) is 0 Å². The summed E-state index contributed by atoms with van der Waals surface area (Å²) < 4.78 is 5.19. The third-order valence-electron chi connectivity index (χ3n) is 5.65. The van der Waals surface area contributed by atoms with E-state index in [-0.39, 0.29) is 35.9 Å². The first-order valence-corrected chi connectivity index (χ1v) is 10.5. The number of nitrogens with one attached hydrogen (secondary N) is 1. The highest BCUT2D eigenvalue weighted by Crippen LogP contribution is 2.18. The highest BCUT2D eigenvalue weighted by atomic mass is 127. The molecule has 158 valence electrons. The molecule has 0 amide bonds. The van der Waals surface area contributed by atoms with E-state index < -0.39 is 0 Å². The van der Waals surface area contributed by atoms with E-state index in [0.29, 0.717) is 13.2 Å². The first-order valence-electron chi connectivity index (χ1n) is 10.5. The normalized spacial score (nSPS) is 24.3. The molecule has 0 bridgehead atoms. The van der Waals surface area contributed by atoms with E-state index in [4.69, 9.17) is 4.74 Å². The number of guanidine groups is 1. The van der Waals surface area contributed by atoms with Crippen molar-refractivity contribution in [3.8, 4) is 0 Å². The van der Waals surface area contributed by atoms with Crippen molar-refractivity contribution in [1.29, 1.82) is 0 Å². The molecule has 0 aromatic rings. The fourth-order valence-electron chi connectivity index (χ4n) is 4.08. The maximum atomic E-state index is 12.0. The zero-order valence-corrected chi connectivity index (χ0v) is 19.7. The lowest BCUT2D eigenvalue weighted by Gasteiger charge is -2.34. The maximum absolute atomic E-state index is 12.0. The summed E-state index contributed by atoms with van der Waals surface area (Å²) in [6.07, 6.45) is 8.39. The number of hydrogen-bond donors (Lipinski definition) is 1. The second-order valence-corrected chi connectivity index (χ2v) is 7.60. The Kier molecular flexibility index (Phi) is 12.3. The Morgan fingerprint density at radius 3 is 2.70 bits per heavy atom. The van der Waals surface area contributed by atoms with Gasteiger partial charge in [0.05, 0.1) is 12.5 Å². The smallest absolute Gasteiger partial charge is 0.310 e. The van der Waals surface area contributed by atoms with Gasteiger partial charge in [0.2, 0.25) is 0 Å². The lowest BCUT2D eigenvalue weighted by molar-refractivity contribution is -0.149. The third kappa shape index (κ3) is 8.13. The van der Waals surface area contributed by atoms with Gasteiger partial charge in [0.1, 0.15) is 0 Å². The molecular formula is C20H39IN4O2. The number of esters is 1. The predicted molar refractivity (Wildman–Crippen MR) is 122 cm³/mol. The van der Waals surface area contributed by atoms with E-state index >= 15 is 0 Å². The van der Waals surface area contributed by atoms with Crippen molar-refractivity contribution >= 4 is 35.9 Å². The van der Waals surface area contributed by atoms with E-state index in [2.05, 4.69) is 27.0 Å². The zero-order chi connectivity index (χ0) is 18.8. The third-order valence-corrected chi connectivity index (χ3v) is 5.65. The highest BCUT2D eigenvalue weighted by Gasteiger charge is 2.28. The molecule has 1 N–H and O–H groups in total. The SMILES string of the molecule is CCOC(=O)C1CCCN(C(=NC)NCCCCN2CCCCC2C)C1.I. The maximum Gasteiger partial charge on any atom is 0.310 e. The van der Waals surface area contributed by atoms with Crippen molar-refractivity contribution < 1.29 is 9.53 Å².